The summed E-state index contributed by atoms with van der Waals surface area (Å²) in [4.78, 5) is 18.7. The molecule has 0 aliphatic rings. The Morgan fingerprint density at radius 3 is 2.64 bits per heavy atom. The Hall–Kier alpha value is -2.99. The lowest BCUT2D eigenvalue weighted by Gasteiger charge is -2.18. The molecule has 6 nitrogen and oxygen atoms in total. The number of benzene rings is 1. The molecule has 128 valence electrons. The van der Waals surface area contributed by atoms with Gasteiger partial charge < -0.3 is 14.5 Å². The summed E-state index contributed by atoms with van der Waals surface area (Å²) >= 11 is 0. The summed E-state index contributed by atoms with van der Waals surface area (Å²) in [5, 5.41) is 14.0. The number of nitrogens with zero attached hydrogens (tertiary/aromatic N) is 3. The average molecular weight is 337 g/mol. The number of aromatic nitrogens is 2. The van der Waals surface area contributed by atoms with Crippen molar-refractivity contribution < 1.29 is 14.4 Å². The maximum atomic E-state index is 13.0. The highest BCUT2D eigenvalue weighted by atomic mass is 16.5. The molecular weight excluding hydrogens is 318 g/mol. The monoisotopic (exact) mass is 337 g/mol. The highest BCUT2D eigenvalue weighted by Gasteiger charge is 2.28. The quantitative estimate of drug-likeness (QED) is 0.774. The fourth-order valence-electron chi connectivity index (χ4n) is 2.61. The zero-order valence-electron chi connectivity index (χ0n) is 14.1. The van der Waals surface area contributed by atoms with E-state index in [4.69, 9.17) is 4.52 Å². The van der Waals surface area contributed by atoms with Gasteiger partial charge in [-0.15, -0.1) is 0 Å². The molecule has 1 atom stereocenters. The van der Waals surface area contributed by atoms with Crippen molar-refractivity contribution >= 4 is 5.91 Å². The van der Waals surface area contributed by atoms with Gasteiger partial charge in [-0.05, 0) is 24.6 Å². The molecule has 1 amide bonds. The molecule has 0 radical (unpaired) electrons. The number of aliphatic hydroxyl groups is 1. The Labute approximate surface area is 145 Å². The molecule has 3 rings (SSSR count). The van der Waals surface area contributed by atoms with Crippen molar-refractivity contribution in [1.29, 1.82) is 0 Å². The third kappa shape index (κ3) is 3.59. The normalized spacial score (nSPS) is 12.0. The zero-order valence-corrected chi connectivity index (χ0v) is 14.1. The van der Waals surface area contributed by atoms with Crippen LogP contribution in [0.2, 0.25) is 0 Å². The first kappa shape index (κ1) is 16.9. The number of amides is 1. The summed E-state index contributed by atoms with van der Waals surface area (Å²) in [6, 6.07) is 13.2. The lowest BCUT2D eigenvalue weighted by molar-refractivity contribution is 0.0773. The van der Waals surface area contributed by atoms with E-state index in [2.05, 4.69) is 10.1 Å². The van der Waals surface area contributed by atoms with Gasteiger partial charge in [0.15, 0.2) is 5.76 Å². The lowest BCUT2D eigenvalue weighted by Crippen LogP contribution is -2.27. The molecule has 0 fully saturated rings. The highest BCUT2D eigenvalue weighted by Crippen LogP contribution is 2.29. The minimum Gasteiger partial charge on any atom is -0.385 e. The van der Waals surface area contributed by atoms with Crippen LogP contribution in [0, 0.1) is 0 Å². The summed E-state index contributed by atoms with van der Waals surface area (Å²) in [6.07, 6.45) is 2.31. The fraction of sp³-hybridized carbons (Fsp3) is 0.211. The van der Waals surface area contributed by atoms with E-state index in [1.807, 2.05) is 30.3 Å². The fourth-order valence-corrected chi connectivity index (χ4v) is 2.61. The molecule has 0 aliphatic carbocycles. The average Bonchev–Trinajstić information content (AvgIpc) is 3.08. The topological polar surface area (TPSA) is 79.5 Å². The van der Waals surface area contributed by atoms with Crippen LogP contribution in [0.1, 0.15) is 34.7 Å². The second kappa shape index (κ2) is 7.27. The van der Waals surface area contributed by atoms with E-state index in [1.54, 1.807) is 43.4 Å². The number of pyridine rings is 1. The van der Waals surface area contributed by atoms with Crippen molar-refractivity contribution in [1.82, 2.24) is 15.0 Å². The number of hydrogen-bond acceptors (Lipinski definition) is 5. The standard InChI is InChI=1S/C19H19N3O3/c1-13(23)18-16(17(21-25-18)15-9-6-10-20-11-15)19(24)22(2)12-14-7-4-3-5-8-14/h3-11,13,23H,12H2,1-2H3. The molecule has 0 saturated heterocycles. The van der Waals surface area contributed by atoms with Gasteiger partial charge in [0.2, 0.25) is 0 Å². The van der Waals surface area contributed by atoms with Crippen LogP contribution in [-0.2, 0) is 6.54 Å². The van der Waals surface area contributed by atoms with Gasteiger partial charge in [-0.2, -0.15) is 0 Å². The minimum atomic E-state index is -0.943. The number of aliphatic hydroxyl groups excluding tert-OH is 1. The summed E-state index contributed by atoms with van der Waals surface area (Å²) in [5.41, 5.74) is 2.32. The molecular formula is C19H19N3O3. The number of rotatable bonds is 5. The second-order valence-electron chi connectivity index (χ2n) is 5.83. The van der Waals surface area contributed by atoms with Crippen molar-refractivity contribution in [2.45, 2.75) is 19.6 Å². The van der Waals surface area contributed by atoms with Crippen LogP contribution < -0.4 is 0 Å². The second-order valence-corrected chi connectivity index (χ2v) is 5.83. The van der Waals surface area contributed by atoms with Crippen molar-refractivity contribution in [2.24, 2.45) is 0 Å². The maximum Gasteiger partial charge on any atom is 0.259 e. The van der Waals surface area contributed by atoms with Crippen LogP contribution in [0.3, 0.4) is 0 Å². The summed E-state index contributed by atoms with van der Waals surface area (Å²) in [7, 11) is 1.71. The largest absolute Gasteiger partial charge is 0.385 e. The van der Waals surface area contributed by atoms with Crippen LogP contribution in [0.4, 0.5) is 0 Å². The van der Waals surface area contributed by atoms with E-state index >= 15 is 0 Å². The van der Waals surface area contributed by atoms with Gasteiger partial charge in [-0.1, -0.05) is 35.5 Å². The van der Waals surface area contributed by atoms with Crippen LogP contribution in [0.5, 0.6) is 0 Å². The van der Waals surface area contributed by atoms with Gasteiger partial charge in [0.1, 0.15) is 17.4 Å². The number of hydrogen-bond donors (Lipinski definition) is 1. The smallest absolute Gasteiger partial charge is 0.259 e. The minimum absolute atomic E-state index is 0.156. The van der Waals surface area contributed by atoms with Crippen LogP contribution in [0.25, 0.3) is 11.3 Å². The van der Waals surface area contributed by atoms with E-state index in [1.165, 1.54) is 0 Å². The summed E-state index contributed by atoms with van der Waals surface area (Å²) in [6.45, 7) is 1.98. The predicted octanol–water partition coefficient (Wildman–Crippen LogP) is 3.06. The van der Waals surface area contributed by atoms with E-state index in [9.17, 15) is 9.90 Å². The van der Waals surface area contributed by atoms with Gasteiger partial charge in [0.25, 0.3) is 5.91 Å². The van der Waals surface area contributed by atoms with E-state index in [0.29, 0.717) is 17.8 Å². The van der Waals surface area contributed by atoms with Crippen molar-refractivity contribution in [3.8, 4) is 11.3 Å². The molecule has 25 heavy (non-hydrogen) atoms. The summed E-state index contributed by atoms with van der Waals surface area (Å²) in [5.74, 6) is -0.108. The Balaban J connectivity index is 1.97. The molecule has 0 spiro atoms. The Bertz CT molecular complexity index is 845. The van der Waals surface area contributed by atoms with Gasteiger partial charge in [-0.25, -0.2) is 0 Å². The van der Waals surface area contributed by atoms with Crippen LogP contribution in [-0.4, -0.2) is 33.1 Å². The predicted molar refractivity (Wildman–Crippen MR) is 92.6 cm³/mol. The Kier molecular flexibility index (Phi) is 4.90. The van der Waals surface area contributed by atoms with Crippen LogP contribution in [0.15, 0.2) is 59.4 Å². The first-order valence-corrected chi connectivity index (χ1v) is 7.95. The molecule has 1 N–H and O–H groups in total. The molecule has 2 aromatic heterocycles. The van der Waals surface area contributed by atoms with Crippen molar-refractivity contribution in [2.75, 3.05) is 7.05 Å². The Morgan fingerprint density at radius 1 is 1.24 bits per heavy atom. The Morgan fingerprint density at radius 2 is 2.00 bits per heavy atom. The zero-order chi connectivity index (χ0) is 17.8. The molecule has 1 unspecified atom stereocenters. The van der Waals surface area contributed by atoms with Gasteiger partial charge in [0, 0.05) is 31.5 Å². The van der Waals surface area contributed by atoms with Crippen molar-refractivity contribution in [3.05, 3.63) is 71.7 Å². The first-order chi connectivity index (χ1) is 12.1. The molecule has 0 aliphatic heterocycles. The van der Waals surface area contributed by atoms with Gasteiger partial charge in [0.05, 0.1) is 0 Å². The van der Waals surface area contributed by atoms with E-state index in [-0.39, 0.29) is 17.2 Å². The van der Waals surface area contributed by atoms with Crippen LogP contribution >= 0.6 is 0 Å². The molecule has 1 aromatic carbocycles. The third-order valence-electron chi connectivity index (χ3n) is 3.86. The molecule has 6 heteroatoms. The van der Waals surface area contributed by atoms with Gasteiger partial charge >= 0.3 is 0 Å². The molecule has 0 bridgehead atoms. The van der Waals surface area contributed by atoms with E-state index in [0.717, 1.165) is 5.56 Å². The maximum absolute atomic E-state index is 13.0. The lowest BCUT2D eigenvalue weighted by atomic mass is 10.0. The number of carbonyl (C=O) groups excluding carboxylic acids is 1. The molecule has 3 aromatic rings. The number of carbonyl (C=O) groups is 1. The highest BCUT2D eigenvalue weighted by molar-refractivity contribution is 6.00. The first-order valence-electron chi connectivity index (χ1n) is 7.95. The van der Waals surface area contributed by atoms with Crippen molar-refractivity contribution in [3.63, 3.8) is 0 Å². The third-order valence-corrected chi connectivity index (χ3v) is 3.86. The van der Waals surface area contributed by atoms with E-state index < -0.39 is 6.10 Å². The molecule has 0 saturated carbocycles. The SMILES string of the molecule is CC(O)c1onc(-c2cccnc2)c1C(=O)N(C)Cc1ccccc1. The summed E-state index contributed by atoms with van der Waals surface area (Å²) < 4.78 is 5.26. The van der Waals surface area contributed by atoms with Gasteiger partial charge in [-0.3, -0.25) is 9.78 Å². The molecule has 2 heterocycles.